The summed E-state index contributed by atoms with van der Waals surface area (Å²) in [5.41, 5.74) is 2.33. The first-order valence-electron chi connectivity index (χ1n) is 10.4. The molecular weight excluding hydrogens is 390 g/mol. The molecule has 156 valence electrons. The van der Waals surface area contributed by atoms with Crippen LogP contribution in [-0.4, -0.2) is 38.8 Å². The highest BCUT2D eigenvalue weighted by molar-refractivity contribution is 5.96. The van der Waals surface area contributed by atoms with Crippen LogP contribution in [-0.2, 0) is 4.74 Å². The molecule has 1 aliphatic heterocycles. The number of rotatable bonds is 5. The number of esters is 1. The zero-order valence-corrected chi connectivity index (χ0v) is 17.5. The third-order valence-electron chi connectivity index (χ3n) is 5.36. The molecule has 7 heteroatoms. The molecule has 0 amide bonds. The number of nitriles is 1. The highest BCUT2D eigenvalue weighted by atomic mass is 16.5. The third-order valence-corrected chi connectivity index (χ3v) is 5.36. The topological polar surface area (TPSA) is 84.9 Å². The van der Waals surface area contributed by atoms with Gasteiger partial charge in [0.25, 0.3) is 11.6 Å². The molecule has 7 nitrogen and oxygen atoms in total. The van der Waals surface area contributed by atoms with Crippen LogP contribution in [0, 0.1) is 11.3 Å². The standard InChI is InChI=1S/C24H23N5O2/c1-2-31-24(30)20-16-19(17-25)23(27-22(20)18-8-4-3-5-9-18)29-14-12-28(13-15-29)21-10-6-7-11-26-21/h3-11,16H,2,12-15H2,1H3/p+2. The fourth-order valence-corrected chi connectivity index (χ4v) is 3.83. The molecule has 1 fully saturated rings. The van der Waals surface area contributed by atoms with E-state index in [1.807, 2.05) is 48.7 Å². The molecule has 1 aromatic carbocycles. The predicted molar refractivity (Wildman–Crippen MR) is 117 cm³/mol. The molecule has 0 atom stereocenters. The monoisotopic (exact) mass is 415 g/mol. The first kappa shape index (κ1) is 20.4. The van der Waals surface area contributed by atoms with Crippen LogP contribution in [0.4, 0.5) is 11.6 Å². The largest absolute Gasteiger partial charge is 0.462 e. The van der Waals surface area contributed by atoms with Crippen molar-refractivity contribution in [2.75, 3.05) is 42.6 Å². The molecule has 1 aliphatic rings. The first-order valence-corrected chi connectivity index (χ1v) is 10.4. The summed E-state index contributed by atoms with van der Waals surface area (Å²) in [6.45, 7) is 5.18. The van der Waals surface area contributed by atoms with Crippen molar-refractivity contribution in [2.45, 2.75) is 6.92 Å². The van der Waals surface area contributed by atoms with Gasteiger partial charge in [0.1, 0.15) is 49.1 Å². The third kappa shape index (κ3) is 4.33. The molecule has 0 saturated carbocycles. The lowest BCUT2D eigenvalue weighted by Gasteiger charge is -2.27. The van der Waals surface area contributed by atoms with Gasteiger partial charge in [-0.2, -0.15) is 5.26 Å². The maximum absolute atomic E-state index is 12.6. The molecule has 2 aromatic heterocycles. The Morgan fingerprint density at radius 1 is 1.06 bits per heavy atom. The number of H-pyrrole nitrogens is 2. The molecule has 3 heterocycles. The van der Waals surface area contributed by atoms with Gasteiger partial charge >= 0.3 is 5.97 Å². The average molecular weight is 415 g/mol. The number of pyridine rings is 2. The second-order valence-corrected chi connectivity index (χ2v) is 7.24. The summed E-state index contributed by atoms with van der Waals surface area (Å²) in [6.07, 6.45) is 1.92. The number of benzene rings is 1. The van der Waals surface area contributed by atoms with Gasteiger partial charge in [0.2, 0.25) is 0 Å². The van der Waals surface area contributed by atoms with Crippen molar-refractivity contribution in [3.05, 3.63) is 71.9 Å². The molecule has 3 aromatic rings. The maximum Gasteiger partial charge on any atom is 0.342 e. The van der Waals surface area contributed by atoms with Crippen LogP contribution in [0.15, 0.2) is 60.8 Å². The number of aromatic nitrogens is 2. The molecule has 1 saturated heterocycles. The van der Waals surface area contributed by atoms with E-state index >= 15 is 0 Å². The van der Waals surface area contributed by atoms with E-state index in [-0.39, 0.29) is 6.61 Å². The van der Waals surface area contributed by atoms with Gasteiger partial charge in [0.05, 0.1) is 12.8 Å². The van der Waals surface area contributed by atoms with Gasteiger partial charge < -0.3 is 4.74 Å². The van der Waals surface area contributed by atoms with E-state index in [1.54, 1.807) is 13.0 Å². The molecule has 0 unspecified atom stereocenters. The van der Waals surface area contributed by atoms with E-state index in [2.05, 4.69) is 31.9 Å². The fraction of sp³-hybridized carbons (Fsp3) is 0.250. The van der Waals surface area contributed by atoms with Gasteiger partial charge in [0, 0.05) is 11.6 Å². The molecule has 0 radical (unpaired) electrons. The number of aromatic amines is 2. The highest BCUT2D eigenvalue weighted by Crippen LogP contribution is 2.26. The molecule has 4 rings (SSSR count). The van der Waals surface area contributed by atoms with Gasteiger partial charge in [0.15, 0.2) is 0 Å². The van der Waals surface area contributed by atoms with Crippen LogP contribution in [0.25, 0.3) is 11.3 Å². The van der Waals surface area contributed by atoms with E-state index < -0.39 is 5.97 Å². The van der Waals surface area contributed by atoms with Gasteiger partial charge in [-0.1, -0.05) is 36.4 Å². The number of hydrogen-bond donors (Lipinski definition) is 0. The Labute approximate surface area is 181 Å². The van der Waals surface area contributed by atoms with Crippen molar-refractivity contribution < 1.29 is 19.5 Å². The Morgan fingerprint density at radius 3 is 2.42 bits per heavy atom. The summed E-state index contributed by atoms with van der Waals surface area (Å²) < 4.78 is 5.25. The number of nitrogens with zero attached hydrogens (tertiary/aromatic N) is 3. The predicted octanol–water partition coefficient (Wildman–Crippen LogP) is 2.36. The highest BCUT2D eigenvalue weighted by Gasteiger charge is 2.32. The Kier molecular flexibility index (Phi) is 6.08. The lowest BCUT2D eigenvalue weighted by atomic mass is 10.0. The summed E-state index contributed by atoms with van der Waals surface area (Å²) in [7, 11) is 0. The number of nitrogens with one attached hydrogen (secondary N) is 2. The smallest absolute Gasteiger partial charge is 0.342 e. The normalized spacial score (nSPS) is 13.5. The van der Waals surface area contributed by atoms with E-state index in [0.717, 1.165) is 43.4 Å². The van der Waals surface area contributed by atoms with Crippen LogP contribution in [0.3, 0.4) is 0 Å². The second kappa shape index (κ2) is 9.26. The number of ether oxygens (including phenoxy) is 1. The zero-order chi connectivity index (χ0) is 21.6. The number of hydrogen-bond acceptors (Lipinski definition) is 5. The van der Waals surface area contributed by atoms with Gasteiger partial charge in [-0.3, -0.25) is 9.80 Å². The quantitative estimate of drug-likeness (QED) is 0.597. The van der Waals surface area contributed by atoms with Crippen LogP contribution < -0.4 is 19.8 Å². The molecule has 0 bridgehead atoms. The lowest BCUT2D eigenvalue weighted by molar-refractivity contribution is -0.364. The Hall–Kier alpha value is -3.92. The van der Waals surface area contributed by atoms with Gasteiger partial charge in [-0.15, -0.1) is 0 Å². The molecular formula is C24H25N5O2+2. The minimum absolute atomic E-state index is 0.273. The zero-order valence-electron chi connectivity index (χ0n) is 17.5. The SMILES string of the molecule is CCOC(=O)c1cc(C#N)c(N2CCN(c3cccc[nH+]3)CC2)[nH+]c1-c1ccccc1. The lowest BCUT2D eigenvalue weighted by Crippen LogP contribution is -2.49. The van der Waals surface area contributed by atoms with Crippen molar-refractivity contribution in [3.63, 3.8) is 0 Å². The van der Waals surface area contributed by atoms with Crippen molar-refractivity contribution in [3.8, 4) is 17.3 Å². The molecule has 31 heavy (non-hydrogen) atoms. The second-order valence-electron chi connectivity index (χ2n) is 7.24. The van der Waals surface area contributed by atoms with E-state index in [1.165, 1.54) is 0 Å². The molecule has 2 N–H and O–H groups in total. The van der Waals surface area contributed by atoms with E-state index in [0.29, 0.717) is 16.8 Å². The van der Waals surface area contributed by atoms with Crippen LogP contribution in [0.2, 0.25) is 0 Å². The van der Waals surface area contributed by atoms with Gasteiger partial charge in [-0.25, -0.2) is 14.8 Å². The van der Waals surface area contributed by atoms with Crippen molar-refractivity contribution >= 4 is 17.6 Å². The summed E-state index contributed by atoms with van der Waals surface area (Å²) in [4.78, 5) is 23.7. The number of anilines is 2. The summed E-state index contributed by atoms with van der Waals surface area (Å²) in [6, 6.07) is 19.6. The number of carbonyl (C=O) groups excluding carboxylic acids is 1. The summed E-state index contributed by atoms with van der Waals surface area (Å²) >= 11 is 0. The maximum atomic E-state index is 12.6. The summed E-state index contributed by atoms with van der Waals surface area (Å²) in [5, 5.41) is 9.81. The van der Waals surface area contributed by atoms with Gasteiger partial charge in [-0.05, 0) is 19.1 Å². The van der Waals surface area contributed by atoms with Crippen LogP contribution in [0.1, 0.15) is 22.8 Å². The minimum Gasteiger partial charge on any atom is -0.462 e. The minimum atomic E-state index is -0.440. The fourth-order valence-electron chi connectivity index (χ4n) is 3.83. The molecule has 0 spiro atoms. The Balaban J connectivity index is 1.68. The van der Waals surface area contributed by atoms with E-state index in [9.17, 15) is 10.1 Å². The van der Waals surface area contributed by atoms with Crippen molar-refractivity contribution in [1.29, 1.82) is 5.26 Å². The Bertz CT molecular complexity index is 1090. The van der Waals surface area contributed by atoms with E-state index in [4.69, 9.17) is 4.74 Å². The Morgan fingerprint density at radius 2 is 1.77 bits per heavy atom. The molecule has 0 aliphatic carbocycles. The first-order chi connectivity index (χ1) is 15.2. The van der Waals surface area contributed by atoms with Crippen molar-refractivity contribution in [2.24, 2.45) is 0 Å². The van der Waals surface area contributed by atoms with Crippen molar-refractivity contribution in [1.82, 2.24) is 0 Å². The number of carbonyl (C=O) groups is 1. The number of piperazine rings is 1. The average Bonchev–Trinajstić information content (AvgIpc) is 2.84. The van der Waals surface area contributed by atoms with Crippen LogP contribution in [0.5, 0.6) is 0 Å². The van der Waals surface area contributed by atoms with Crippen LogP contribution >= 0.6 is 0 Å². The summed E-state index contributed by atoms with van der Waals surface area (Å²) in [5.74, 6) is 1.37.